The highest BCUT2D eigenvalue weighted by molar-refractivity contribution is 6.05. The second-order valence-corrected chi connectivity index (χ2v) is 11.1. The molecule has 1 aromatic heterocycles. The van der Waals surface area contributed by atoms with Crippen molar-refractivity contribution in [3.05, 3.63) is 82.9 Å². The molecule has 0 aliphatic heterocycles. The lowest BCUT2D eigenvalue weighted by Crippen LogP contribution is -2.30. The van der Waals surface area contributed by atoms with E-state index < -0.39 is 23.5 Å². The van der Waals surface area contributed by atoms with Crippen LogP contribution >= 0.6 is 0 Å². The minimum Gasteiger partial charge on any atom is -0.356 e. The van der Waals surface area contributed by atoms with Crippen molar-refractivity contribution < 1.29 is 26.3 Å². The Morgan fingerprint density at radius 1 is 0.725 bits per heavy atom. The van der Waals surface area contributed by atoms with Crippen molar-refractivity contribution in [2.24, 2.45) is 11.8 Å². The Bertz CT molecular complexity index is 1490. The largest absolute Gasteiger partial charge is 0.416 e. The number of alkyl halides is 6. The Hall–Kier alpha value is -3.33. The molecule has 0 spiro atoms. The van der Waals surface area contributed by atoms with Gasteiger partial charge in [0.25, 0.3) is 0 Å². The zero-order valence-electron chi connectivity index (χ0n) is 21.7. The van der Waals surface area contributed by atoms with Gasteiger partial charge in [0.15, 0.2) is 0 Å². The molecule has 2 saturated carbocycles. The molecule has 3 nitrogen and oxygen atoms in total. The topological polar surface area (TPSA) is 28.2 Å². The van der Waals surface area contributed by atoms with Gasteiger partial charge in [-0.15, -0.1) is 0 Å². The number of aromatic nitrogens is 1. The highest BCUT2D eigenvalue weighted by atomic mass is 19.4. The number of hydrogen-bond donors (Lipinski definition) is 1. The zero-order chi connectivity index (χ0) is 28.1. The number of halogens is 6. The van der Waals surface area contributed by atoms with Gasteiger partial charge in [-0.2, -0.15) is 26.3 Å². The molecule has 0 unspecified atom stereocenters. The van der Waals surface area contributed by atoms with Crippen LogP contribution in [0.3, 0.4) is 0 Å². The monoisotopic (exact) mass is 557 g/mol. The van der Waals surface area contributed by atoms with E-state index >= 15 is 0 Å². The minimum absolute atomic E-state index is 0.0729. The van der Waals surface area contributed by atoms with Crippen LogP contribution in [0.1, 0.15) is 47.9 Å². The van der Waals surface area contributed by atoms with Gasteiger partial charge in [-0.05, 0) is 72.7 Å². The van der Waals surface area contributed by atoms with Crippen molar-refractivity contribution in [3.8, 4) is 0 Å². The second kappa shape index (κ2) is 10.3. The van der Waals surface area contributed by atoms with Gasteiger partial charge in [0.1, 0.15) is 5.82 Å². The first-order valence-electron chi connectivity index (χ1n) is 13.6. The number of fused-ring (bicyclic) bond motifs is 3. The highest BCUT2D eigenvalue weighted by Crippen LogP contribution is 2.39. The average molecular weight is 558 g/mol. The van der Waals surface area contributed by atoms with Crippen LogP contribution in [-0.4, -0.2) is 18.1 Å². The van der Waals surface area contributed by atoms with Gasteiger partial charge in [0, 0.05) is 42.5 Å². The van der Waals surface area contributed by atoms with Gasteiger partial charge in [-0.25, -0.2) is 4.98 Å². The summed E-state index contributed by atoms with van der Waals surface area (Å²) in [5.74, 6) is 2.08. The Labute approximate surface area is 228 Å². The van der Waals surface area contributed by atoms with Crippen LogP contribution in [-0.2, 0) is 25.4 Å². The van der Waals surface area contributed by atoms with Crippen molar-refractivity contribution in [2.45, 2.75) is 51.1 Å². The van der Waals surface area contributed by atoms with Gasteiger partial charge >= 0.3 is 12.4 Å². The molecule has 0 saturated heterocycles. The molecule has 0 bridgehead atoms. The fourth-order valence-corrected chi connectivity index (χ4v) is 5.28. The fourth-order valence-electron chi connectivity index (χ4n) is 5.28. The van der Waals surface area contributed by atoms with Crippen LogP contribution in [0.15, 0.2) is 60.7 Å². The summed E-state index contributed by atoms with van der Waals surface area (Å²) in [5, 5.41) is 6.18. The summed E-state index contributed by atoms with van der Waals surface area (Å²) < 4.78 is 80.0. The quantitative estimate of drug-likeness (QED) is 0.166. The number of hydrogen-bond acceptors (Lipinski definition) is 3. The molecule has 210 valence electrons. The summed E-state index contributed by atoms with van der Waals surface area (Å²) in [6.45, 7) is 1.91. The lowest BCUT2D eigenvalue weighted by Gasteiger charge is -2.27. The summed E-state index contributed by atoms with van der Waals surface area (Å²) in [4.78, 5) is 7.52. The third kappa shape index (κ3) is 6.04. The zero-order valence-corrected chi connectivity index (χ0v) is 21.7. The fraction of sp³-hybridized carbons (Fsp3) is 0.387. The van der Waals surface area contributed by atoms with Crippen LogP contribution < -0.4 is 10.2 Å². The standard InChI is InChI=1S/C31H29F6N3/c32-30(33,34)25-11-21(12-26(14-25)31(35,36)37)15-38-16-24-13-23-10-9-22-3-1-2-4-27(22)28(23)39-29(24)40(17-19-5-6-19)18-20-7-8-20/h1-4,9-14,19-20,38H,5-8,15-18H2. The van der Waals surface area contributed by atoms with Crippen molar-refractivity contribution in [1.29, 1.82) is 0 Å². The number of nitrogens with zero attached hydrogens (tertiary/aromatic N) is 2. The van der Waals surface area contributed by atoms with E-state index in [1.807, 2.05) is 36.4 Å². The molecule has 3 aromatic carbocycles. The van der Waals surface area contributed by atoms with E-state index in [-0.39, 0.29) is 24.7 Å². The molecule has 0 radical (unpaired) electrons. The first-order chi connectivity index (χ1) is 19.0. The van der Waals surface area contributed by atoms with Crippen molar-refractivity contribution in [2.75, 3.05) is 18.0 Å². The molecule has 40 heavy (non-hydrogen) atoms. The summed E-state index contributed by atoms with van der Waals surface area (Å²) >= 11 is 0. The molecule has 2 fully saturated rings. The summed E-state index contributed by atoms with van der Waals surface area (Å²) in [6.07, 6.45) is -5.02. The van der Waals surface area contributed by atoms with Gasteiger partial charge in [-0.1, -0.05) is 36.4 Å². The van der Waals surface area contributed by atoms with Crippen LogP contribution in [0.25, 0.3) is 21.7 Å². The first kappa shape index (κ1) is 26.9. The molecule has 0 atom stereocenters. The molecule has 4 aromatic rings. The van der Waals surface area contributed by atoms with Crippen LogP contribution in [0, 0.1) is 11.8 Å². The van der Waals surface area contributed by atoms with Gasteiger partial charge in [0.05, 0.1) is 16.6 Å². The van der Waals surface area contributed by atoms with Crippen molar-refractivity contribution >= 4 is 27.5 Å². The lowest BCUT2D eigenvalue weighted by molar-refractivity contribution is -0.143. The third-order valence-electron chi connectivity index (χ3n) is 7.71. The first-order valence-corrected chi connectivity index (χ1v) is 13.6. The summed E-state index contributed by atoms with van der Waals surface area (Å²) in [7, 11) is 0. The van der Waals surface area contributed by atoms with Crippen molar-refractivity contribution in [1.82, 2.24) is 10.3 Å². The van der Waals surface area contributed by atoms with Crippen LogP contribution in [0.4, 0.5) is 32.2 Å². The Morgan fingerprint density at radius 3 is 1.93 bits per heavy atom. The normalized spacial score (nSPS) is 16.1. The summed E-state index contributed by atoms with van der Waals surface area (Å²) in [6, 6.07) is 15.9. The van der Waals surface area contributed by atoms with E-state index in [0.29, 0.717) is 11.8 Å². The highest BCUT2D eigenvalue weighted by Gasteiger charge is 2.37. The molecule has 2 aliphatic carbocycles. The maximum Gasteiger partial charge on any atom is 0.416 e. The number of anilines is 1. The Morgan fingerprint density at radius 2 is 1.32 bits per heavy atom. The van der Waals surface area contributed by atoms with E-state index in [2.05, 4.69) is 16.3 Å². The number of rotatable bonds is 9. The van der Waals surface area contributed by atoms with Crippen molar-refractivity contribution in [3.63, 3.8) is 0 Å². The molecule has 6 rings (SSSR count). The van der Waals surface area contributed by atoms with E-state index in [0.717, 1.165) is 58.3 Å². The minimum atomic E-state index is -4.87. The molecule has 1 heterocycles. The second-order valence-electron chi connectivity index (χ2n) is 11.1. The molecular weight excluding hydrogens is 528 g/mol. The van der Waals surface area contributed by atoms with Crippen LogP contribution in [0.5, 0.6) is 0 Å². The van der Waals surface area contributed by atoms with Gasteiger partial charge in [0.2, 0.25) is 0 Å². The number of nitrogens with one attached hydrogen (secondary N) is 1. The molecule has 0 amide bonds. The smallest absolute Gasteiger partial charge is 0.356 e. The Kier molecular flexibility index (Phi) is 6.89. The molecule has 2 aliphatic rings. The Balaban J connectivity index is 1.34. The molecule has 1 N–H and O–H groups in total. The number of pyridine rings is 1. The van der Waals surface area contributed by atoms with Gasteiger partial charge < -0.3 is 10.2 Å². The van der Waals surface area contributed by atoms with Crippen LogP contribution in [0.2, 0.25) is 0 Å². The van der Waals surface area contributed by atoms with Gasteiger partial charge in [-0.3, -0.25) is 0 Å². The SMILES string of the molecule is FC(F)(F)c1cc(CNCc2cc3ccc4ccccc4c3nc2N(CC2CC2)CC2CC2)cc(C(F)(F)F)c1. The number of benzene rings is 3. The van der Waals surface area contributed by atoms with E-state index in [9.17, 15) is 26.3 Å². The maximum atomic E-state index is 13.3. The van der Waals surface area contributed by atoms with E-state index in [1.165, 1.54) is 25.7 Å². The lowest BCUT2D eigenvalue weighted by atomic mass is 10.0. The third-order valence-corrected chi connectivity index (χ3v) is 7.71. The average Bonchev–Trinajstić information content (AvgIpc) is 3.84. The maximum absolute atomic E-state index is 13.3. The van der Waals surface area contributed by atoms with E-state index in [1.54, 1.807) is 0 Å². The summed E-state index contributed by atoms with van der Waals surface area (Å²) in [5.41, 5.74) is -0.914. The predicted molar refractivity (Wildman–Crippen MR) is 144 cm³/mol. The van der Waals surface area contributed by atoms with E-state index in [4.69, 9.17) is 4.98 Å². The predicted octanol–water partition coefficient (Wildman–Crippen LogP) is 8.34. The molecule has 9 heteroatoms. The molecular formula is C31H29F6N3.